The second kappa shape index (κ2) is 4.21. The summed E-state index contributed by atoms with van der Waals surface area (Å²) in [6.07, 6.45) is 5.87. The van der Waals surface area contributed by atoms with Gasteiger partial charge in [-0.3, -0.25) is 10.1 Å². The van der Waals surface area contributed by atoms with E-state index >= 15 is 0 Å². The second-order valence-electron chi connectivity index (χ2n) is 4.64. The maximum Gasteiger partial charge on any atom is 0.324 e. The number of amides is 3. The number of nitrogens with zero attached hydrogens (tertiary/aromatic N) is 1. The Morgan fingerprint density at radius 3 is 2.53 bits per heavy atom. The summed E-state index contributed by atoms with van der Waals surface area (Å²) in [4.78, 5) is 24.8. The van der Waals surface area contributed by atoms with Crippen molar-refractivity contribution in [3.63, 3.8) is 0 Å². The van der Waals surface area contributed by atoms with Gasteiger partial charge in [0, 0.05) is 12.6 Å². The van der Waals surface area contributed by atoms with Gasteiger partial charge < -0.3 is 4.90 Å². The van der Waals surface area contributed by atoms with Crippen LogP contribution in [0.15, 0.2) is 0 Å². The molecule has 0 aromatic heterocycles. The fraction of sp³-hybridized carbons (Fsp3) is 0.818. The Hall–Kier alpha value is -1.06. The Balaban J connectivity index is 2.01. The van der Waals surface area contributed by atoms with E-state index in [0.717, 1.165) is 12.8 Å². The summed E-state index contributed by atoms with van der Waals surface area (Å²) in [5.74, 6) is -0.198. The monoisotopic (exact) mass is 210 g/mol. The van der Waals surface area contributed by atoms with Crippen molar-refractivity contribution in [1.29, 1.82) is 0 Å². The zero-order chi connectivity index (χ0) is 10.8. The fourth-order valence-corrected chi connectivity index (χ4v) is 2.47. The molecule has 15 heavy (non-hydrogen) atoms. The van der Waals surface area contributed by atoms with Crippen molar-refractivity contribution >= 4 is 11.9 Å². The minimum atomic E-state index is -0.190. The summed E-state index contributed by atoms with van der Waals surface area (Å²) < 4.78 is 0. The van der Waals surface area contributed by atoms with Crippen LogP contribution in [-0.2, 0) is 4.79 Å². The summed E-state index contributed by atoms with van der Waals surface area (Å²) in [6, 6.07) is 0.166. The van der Waals surface area contributed by atoms with Gasteiger partial charge in [-0.25, -0.2) is 4.79 Å². The average Bonchev–Trinajstić information content (AvgIpc) is 2.25. The van der Waals surface area contributed by atoms with Crippen LogP contribution in [0.2, 0.25) is 0 Å². The normalized spacial score (nSPS) is 29.1. The van der Waals surface area contributed by atoms with Crippen LogP contribution in [0.1, 0.15) is 39.0 Å². The van der Waals surface area contributed by atoms with Crippen molar-refractivity contribution in [3.8, 4) is 0 Å². The van der Waals surface area contributed by atoms with Crippen LogP contribution in [0.5, 0.6) is 0 Å². The Morgan fingerprint density at radius 1 is 1.20 bits per heavy atom. The van der Waals surface area contributed by atoms with Crippen LogP contribution in [-0.4, -0.2) is 29.4 Å². The fourth-order valence-electron chi connectivity index (χ4n) is 2.47. The van der Waals surface area contributed by atoms with E-state index in [2.05, 4.69) is 5.32 Å². The molecule has 2 aliphatic rings. The van der Waals surface area contributed by atoms with E-state index in [4.69, 9.17) is 0 Å². The number of imide groups is 1. The zero-order valence-electron chi connectivity index (χ0n) is 9.16. The van der Waals surface area contributed by atoms with E-state index < -0.39 is 0 Å². The molecule has 1 atom stereocenters. The first-order valence-corrected chi connectivity index (χ1v) is 5.80. The highest BCUT2D eigenvalue weighted by atomic mass is 16.2. The van der Waals surface area contributed by atoms with Gasteiger partial charge in [-0.1, -0.05) is 26.2 Å². The van der Waals surface area contributed by atoms with Gasteiger partial charge in [-0.05, 0) is 12.8 Å². The van der Waals surface area contributed by atoms with Gasteiger partial charge in [0.15, 0.2) is 0 Å². The molecule has 1 saturated carbocycles. The van der Waals surface area contributed by atoms with Gasteiger partial charge in [0.1, 0.15) is 0 Å². The predicted molar refractivity (Wildman–Crippen MR) is 56.3 cm³/mol. The minimum Gasteiger partial charge on any atom is -0.321 e. The average molecular weight is 210 g/mol. The molecule has 0 radical (unpaired) electrons. The molecule has 0 spiro atoms. The number of urea groups is 1. The molecule has 0 bridgehead atoms. The first kappa shape index (κ1) is 10.5. The van der Waals surface area contributed by atoms with Crippen molar-refractivity contribution in [3.05, 3.63) is 0 Å². The van der Waals surface area contributed by atoms with Gasteiger partial charge in [-0.15, -0.1) is 0 Å². The highest BCUT2D eigenvalue weighted by molar-refractivity contribution is 5.97. The molecule has 2 rings (SSSR count). The van der Waals surface area contributed by atoms with E-state index in [9.17, 15) is 9.59 Å². The third-order valence-corrected chi connectivity index (χ3v) is 3.42. The number of nitrogens with one attached hydrogen (secondary N) is 1. The van der Waals surface area contributed by atoms with Crippen molar-refractivity contribution in [2.75, 3.05) is 6.54 Å². The Bertz CT molecular complexity index is 272. The first-order valence-electron chi connectivity index (χ1n) is 5.80. The molecule has 4 heteroatoms. The summed E-state index contributed by atoms with van der Waals surface area (Å²) in [6.45, 7) is 2.47. The van der Waals surface area contributed by atoms with Crippen molar-refractivity contribution in [1.82, 2.24) is 10.2 Å². The molecule has 3 amide bonds. The minimum absolute atomic E-state index is 0.0652. The van der Waals surface area contributed by atoms with Crippen molar-refractivity contribution in [2.45, 2.75) is 45.1 Å². The topological polar surface area (TPSA) is 49.4 Å². The number of carbonyl (C=O) groups excluding carboxylic acids is 2. The molecule has 84 valence electrons. The number of hydrogen-bond acceptors (Lipinski definition) is 2. The molecule has 0 aromatic carbocycles. The third-order valence-electron chi connectivity index (χ3n) is 3.42. The molecule has 0 aromatic rings. The van der Waals surface area contributed by atoms with Gasteiger partial charge in [0.05, 0.1) is 5.92 Å². The largest absolute Gasteiger partial charge is 0.324 e. The zero-order valence-corrected chi connectivity index (χ0v) is 9.16. The van der Waals surface area contributed by atoms with Gasteiger partial charge in [0.2, 0.25) is 5.91 Å². The first-order chi connectivity index (χ1) is 7.18. The van der Waals surface area contributed by atoms with Gasteiger partial charge in [0.25, 0.3) is 0 Å². The van der Waals surface area contributed by atoms with Crippen LogP contribution in [0.3, 0.4) is 0 Å². The van der Waals surface area contributed by atoms with Crippen LogP contribution in [0, 0.1) is 5.92 Å². The maximum absolute atomic E-state index is 11.6. The molecular weight excluding hydrogens is 192 g/mol. The van der Waals surface area contributed by atoms with E-state index in [1.54, 1.807) is 0 Å². The Kier molecular flexibility index (Phi) is 2.93. The maximum atomic E-state index is 11.6. The molecule has 1 N–H and O–H groups in total. The van der Waals surface area contributed by atoms with Crippen LogP contribution < -0.4 is 5.32 Å². The van der Waals surface area contributed by atoms with Crippen molar-refractivity contribution < 1.29 is 9.59 Å². The van der Waals surface area contributed by atoms with E-state index in [1.807, 2.05) is 11.8 Å². The standard InChI is InChI=1S/C11H18N2O2/c1-8-7-13(11(15)12-10(8)14)9-5-3-2-4-6-9/h8-9H,2-7H2,1H3,(H,12,14,15)/t8-/m1/s1. The van der Waals surface area contributed by atoms with Crippen molar-refractivity contribution in [2.24, 2.45) is 5.92 Å². The number of hydrogen-bond donors (Lipinski definition) is 1. The summed E-state index contributed by atoms with van der Waals surface area (Å²) in [5, 5.41) is 2.42. The molecule has 1 heterocycles. The molecule has 1 aliphatic carbocycles. The summed E-state index contributed by atoms with van der Waals surface area (Å²) in [7, 11) is 0. The lowest BCUT2D eigenvalue weighted by Gasteiger charge is -2.38. The third kappa shape index (κ3) is 2.13. The lowest BCUT2D eigenvalue weighted by Crippen LogP contribution is -2.57. The van der Waals surface area contributed by atoms with Crippen LogP contribution in [0.25, 0.3) is 0 Å². The lowest BCUT2D eigenvalue weighted by molar-refractivity contribution is -0.125. The SMILES string of the molecule is C[C@@H]1CN(C2CCCCC2)C(=O)NC1=O. The Morgan fingerprint density at radius 2 is 1.87 bits per heavy atom. The second-order valence-corrected chi connectivity index (χ2v) is 4.64. The smallest absolute Gasteiger partial charge is 0.321 e. The van der Waals surface area contributed by atoms with E-state index in [-0.39, 0.29) is 17.9 Å². The molecular formula is C11H18N2O2. The van der Waals surface area contributed by atoms with Gasteiger partial charge in [-0.2, -0.15) is 0 Å². The molecule has 2 fully saturated rings. The van der Waals surface area contributed by atoms with Crippen LogP contribution >= 0.6 is 0 Å². The summed E-state index contributed by atoms with van der Waals surface area (Å²) in [5.41, 5.74) is 0. The Labute approximate surface area is 90.0 Å². The van der Waals surface area contributed by atoms with E-state index in [1.165, 1.54) is 19.3 Å². The highest BCUT2D eigenvalue weighted by Gasteiger charge is 2.33. The quantitative estimate of drug-likeness (QED) is 0.713. The molecule has 4 nitrogen and oxygen atoms in total. The predicted octanol–water partition coefficient (Wildman–Crippen LogP) is 1.51. The number of rotatable bonds is 1. The molecule has 1 saturated heterocycles. The molecule has 1 aliphatic heterocycles. The highest BCUT2D eigenvalue weighted by Crippen LogP contribution is 2.24. The van der Waals surface area contributed by atoms with E-state index in [0.29, 0.717) is 12.6 Å². The summed E-state index contributed by atoms with van der Waals surface area (Å²) >= 11 is 0. The van der Waals surface area contributed by atoms with Crippen LogP contribution in [0.4, 0.5) is 4.79 Å². The van der Waals surface area contributed by atoms with Gasteiger partial charge >= 0.3 is 6.03 Å². The lowest BCUT2D eigenvalue weighted by atomic mass is 9.93. The number of carbonyl (C=O) groups is 2. The molecule has 0 unspecified atom stereocenters.